The van der Waals surface area contributed by atoms with Crippen LogP contribution in [0.2, 0.25) is 10.2 Å². The molecule has 0 radical (unpaired) electrons. The minimum Gasteiger partial charge on any atom is -0.384 e. The van der Waals surface area contributed by atoms with Crippen LogP contribution in [0.1, 0.15) is 31.0 Å². The third-order valence-electron chi connectivity index (χ3n) is 7.82. The number of aliphatic hydroxyl groups is 1. The summed E-state index contributed by atoms with van der Waals surface area (Å²) in [6.07, 6.45) is 1.18. The normalized spacial score (nSPS) is 27.9. The Bertz CT molecular complexity index is 1250. The summed E-state index contributed by atoms with van der Waals surface area (Å²) < 4.78 is 13.6. The van der Waals surface area contributed by atoms with E-state index in [0.29, 0.717) is 42.7 Å². The van der Waals surface area contributed by atoms with Crippen LogP contribution < -0.4 is 4.90 Å². The fourth-order valence-corrected chi connectivity index (χ4v) is 6.05. The minimum absolute atomic E-state index is 0.0163. The molecule has 1 aromatic carbocycles. The summed E-state index contributed by atoms with van der Waals surface area (Å²) in [4.78, 5) is 22.1. The zero-order valence-corrected chi connectivity index (χ0v) is 22.1. The number of halogens is 3. The molecule has 0 aliphatic carbocycles. The van der Waals surface area contributed by atoms with E-state index in [-0.39, 0.29) is 28.8 Å². The van der Waals surface area contributed by atoms with Gasteiger partial charge in [0.05, 0.1) is 17.7 Å². The molecule has 7 nitrogen and oxygen atoms in total. The largest absolute Gasteiger partial charge is 0.384 e. The van der Waals surface area contributed by atoms with Gasteiger partial charge in [-0.1, -0.05) is 49.2 Å². The highest BCUT2D eigenvalue weighted by Gasteiger charge is 2.49. The van der Waals surface area contributed by atoms with Crippen LogP contribution >= 0.6 is 23.2 Å². The molecule has 2 aromatic heterocycles. The first-order valence-corrected chi connectivity index (χ1v) is 13.0. The fraction of sp³-hybridized carbons (Fsp3) is 0.407. The van der Waals surface area contributed by atoms with Gasteiger partial charge in [0.15, 0.2) is 11.0 Å². The van der Waals surface area contributed by atoms with Crippen LogP contribution in [0.4, 0.5) is 10.2 Å². The maximum atomic E-state index is 14.0. The second-order valence-electron chi connectivity index (χ2n) is 10.1. The molecule has 2 aliphatic heterocycles. The number of nitrogens with zero attached hydrogens (tertiary/aromatic N) is 5. The molecule has 4 atom stereocenters. The van der Waals surface area contributed by atoms with Crippen LogP contribution in [0.5, 0.6) is 0 Å². The number of rotatable bonds is 4. The lowest BCUT2D eigenvalue weighted by atomic mass is 9.70. The van der Waals surface area contributed by atoms with Gasteiger partial charge in [-0.2, -0.15) is 0 Å². The summed E-state index contributed by atoms with van der Waals surface area (Å²) in [6.45, 7) is 5.65. The van der Waals surface area contributed by atoms with Crippen molar-refractivity contribution >= 4 is 34.9 Å². The van der Waals surface area contributed by atoms with Crippen LogP contribution in [-0.4, -0.2) is 57.3 Å². The van der Waals surface area contributed by atoms with Gasteiger partial charge in [0, 0.05) is 54.6 Å². The molecule has 4 heterocycles. The highest BCUT2D eigenvalue weighted by atomic mass is 35.5. The van der Waals surface area contributed by atoms with E-state index in [1.54, 1.807) is 30.3 Å². The molecule has 10 heteroatoms. The molecule has 0 saturated carbocycles. The Labute approximate surface area is 225 Å². The number of likely N-dealkylation sites (tertiary alicyclic amines) is 1. The molecule has 2 unspecified atom stereocenters. The highest BCUT2D eigenvalue weighted by molar-refractivity contribution is 6.30. The Hall–Kier alpha value is -2.81. The van der Waals surface area contributed by atoms with Gasteiger partial charge in [0.25, 0.3) is 0 Å². The zero-order valence-electron chi connectivity index (χ0n) is 20.6. The van der Waals surface area contributed by atoms with Gasteiger partial charge in [0.1, 0.15) is 5.82 Å². The summed E-state index contributed by atoms with van der Waals surface area (Å²) in [5, 5.41) is 20.8. The molecule has 0 spiro atoms. The highest BCUT2D eigenvalue weighted by Crippen LogP contribution is 2.43. The third-order valence-corrected chi connectivity index (χ3v) is 8.27. The van der Waals surface area contributed by atoms with Crippen molar-refractivity contribution in [1.82, 2.24) is 20.1 Å². The van der Waals surface area contributed by atoms with Crippen LogP contribution in [0.15, 0.2) is 54.7 Å². The second kappa shape index (κ2) is 10.2. The first-order chi connectivity index (χ1) is 17.7. The van der Waals surface area contributed by atoms with E-state index in [1.165, 1.54) is 12.3 Å². The number of amides is 1. The van der Waals surface area contributed by atoms with Crippen molar-refractivity contribution in [1.29, 1.82) is 0 Å². The van der Waals surface area contributed by atoms with Crippen molar-refractivity contribution in [3.8, 4) is 0 Å². The molecule has 2 saturated heterocycles. The lowest BCUT2D eigenvalue weighted by Crippen LogP contribution is -2.57. The molecule has 194 valence electrons. The summed E-state index contributed by atoms with van der Waals surface area (Å²) >= 11 is 12.0. The number of anilines is 1. The van der Waals surface area contributed by atoms with Crippen LogP contribution in [-0.2, 0) is 10.4 Å². The van der Waals surface area contributed by atoms with Crippen molar-refractivity contribution in [2.45, 2.75) is 25.4 Å². The van der Waals surface area contributed by atoms with Gasteiger partial charge in [0.2, 0.25) is 5.91 Å². The second-order valence-corrected chi connectivity index (χ2v) is 10.9. The lowest BCUT2D eigenvalue weighted by molar-refractivity contribution is -0.152. The van der Waals surface area contributed by atoms with Gasteiger partial charge >= 0.3 is 0 Å². The Balaban J connectivity index is 1.40. The first kappa shape index (κ1) is 25.8. The van der Waals surface area contributed by atoms with Crippen LogP contribution in [0, 0.1) is 23.6 Å². The first-order valence-electron chi connectivity index (χ1n) is 12.3. The Morgan fingerprint density at radius 2 is 1.68 bits per heavy atom. The molecule has 0 bridgehead atoms. The Morgan fingerprint density at radius 3 is 2.27 bits per heavy atom. The van der Waals surface area contributed by atoms with E-state index in [9.17, 15) is 14.3 Å². The quantitative estimate of drug-likeness (QED) is 0.520. The van der Waals surface area contributed by atoms with Gasteiger partial charge in [-0.3, -0.25) is 9.78 Å². The van der Waals surface area contributed by atoms with E-state index in [2.05, 4.69) is 15.2 Å². The van der Waals surface area contributed by atoms with Crippen molar-refractivity contribution in [2.75, 3.05) is 31.1 Å². The lowest BCUT2D eigenvalue weighted by Gasteiger charge is -2.48. The van der Waals surface area contributed by atoms with Crippen LogP contribution in [0.3, 0.4) is 0 Å². The number of hydrogen-bond donors (Lipinski definition) is 1. The minimum atomic E-state index is -1.08. The van der Waals surface area contributed by atoms with Gasteiger partial charge < -0.3 is 14.9 Å². The predicted molar refractivity (Wildman–Crippen MR) is 140 cm³/mol. The van der Waals surface area contributed by atoms with E-state index >= 15 is 0 Å². The number of pyridine rings is 1. The Morgan fingerprint density at radius 1 is 0.973 bits per heavy atom. The van der Waals surface area contributed by atoms with E-state index in [4.69, 9.17) is 23.2 Å². The van der Waals surface area contributed by atoms with Crippen molar-refractivity contribution in [3.63, 3.8) is 0 Å². The average molecular weight is 544 g/mol. The third kappa shape index (κ3) is 4.90. The number of hydrogen-bond acceptors (Lipinski definition) is 6. The van der Waals surface area contributed by atoms with Gasteiger partial charge in [-0.05, 0) is 42.0 Å². The van der Waals surface area contributed by atoms with Crippen molar-refractivity contribution in [2.24, 2.45) is 17.8 Å². The maximum Gasteiger partial charge on any atom is 0.228 e. The maximum absolute atomic E-state index is 14.0. The van der Waals surface area contributed by atoms with Gasteiger partial charge in [-0.25, -0.2) is 4.39 Å². The summed E-state index contributed by atoms with van der Waals surface area (Å²) in [5.41, 5.74) is 0.366. The fourth-order valence-electron chi connectivity index (χ4n) is 5.83. The SMILES string of the molecule is CC1CN(C(=O)[C@@H]2CN(c3ccc(Cl)nn3)C[C@H]2c2ccc(F)cn2)CC(C)C1(O)c1ccc(Cl)cc1. The molecule has 37 heavy (non-hydrogen) atoms. The number of piperidine rings is 1. The standard InChI is InChI=1S/C27H28Cl2FN5O2/c1-16-12-35(13-17(2)27(16,37)18-3-5-19(28)6-4-18)26(36)22-15-34(25-10-9-24(29)32-33-25)14-21(22)23-8-7-20(30)11-31-23/h3-11,16-17,21-22,37H,12-15H2,1-2H3/t16?,17?,21-,22-,27?/m1/s1. The van der Waals surface area contributed by atoms with Crippen molar-refractivity contribution in [3.05, 3.63) is 82.0 Å². The van der Waals surface area contributed by atoms with E-state index in [0.717, 1.165) is 5.56 Å². The van der Waals surface area contributed by atoms with Crippen molar-refractivity contribution < 1.29 is 14.3 Å². The molecular formula is C27H28Cl2FN5O2. The summed E-state index contributed by atoms with van der Waals surface area (Å²) in [7, 11) is 0. The van der Waals surface area contributed by atoms with Gasteiger partial charge in [-0.15, -0.1) is 10.2 Å². The molecule has 2 fully saturated rings. The van der Waals surface area contributed by atoms with Crippen LogP contribution in [0.25, 0.3) is 0 Å². The summed E-state index contributed by atoms with van der Waals surface area (Å²) in [5.74, 6) is -0.913. The summed E-state index contributed by atoms with van der Waals surface area (Å²) in [6, 6.07) is 13.7. The predicted octanol–water partition coefficient (Wildman–Crippen LogP) is 4.54. The molecule has 3 aromatic rings. The number of carbonyl (C=O) groups is 1. The van der Waals surface area contributed by atoms with E-state index < -0.39 is 17.3 Å². The number of benzene rings is 1. The smallest absolute Gasteiger partial charge is 0.228 e. The molecule has 2 aliphatic rings. The molecule has 1 N–H and O–H groups in total. The topological polar surface area (TPSA) is 82.5 Å². The number of carbonyl (C=O) groups excluding carboxylic acids is 1. The zero-order chi connectivity index (χ0) is 26.3. The molecule has 5 rings (SSSR count). The number of aromatic nitrogens is 3. The van der Waals surface area contributed by atoms with E-state index in [1.807, 2.05) is 35.8 Å². The monoisotopic (exact) mass is 543 g/mol. The molecular weight excluding hydrogens is 516 g/mol. The molecule has 1 amide bonds. The Kier molecular flexibility index (Phi) is 7.09. The average Bonchev–Trinajstić information content (AvgIpc) is 3.33.